The Labute approximate surface area is 113 Å². The van der Waals surface area contributed by atoms with Gasteiger partial charge in [0.1, 0.15) is 5.82 Å². The van der Waals surface area contributed by atoms with Crippen LogP contribution >= 0.6 is 0 Å². The lowest BCUT2D eigenvalue weighted by atomic mass is 10.1. The second kappa shape index (κ2) is 5.40. The number of nitrogens with one attached hydrogen (secondary N) is 1. The van der Waals surface area contributed by atoms with Crippen molar-refractivity contribution in [2.24, 2.45) is 0 Å². The van der Waals surface area contributed by atoms with E-state index in [9.17, 15) is 22.4 Å². The number of nitrogens with zero attached hydrogens (tertiary/aromatic N) is 1. The molecule has 1 aliphatic heterocycles. The van der Waals surface area contributed by atoms with Crippen molar-refractivity contribution in [3.05, 3.63) is 29.6 Å². The molecule has 0 saturated carbocycles. The summed E-state index contributed by atoms with van der Waals surface area (Å²) in [5.41, 5.74) is -1.28. The Morgan fingerprint density at radius 2 is 2.10 bits per heavy atom. The van der Waals surface area contributed by atoms with Gasteiger partial charge in [-0.25, -0.2) is 4.39 Å². The minimum absolute atomic E-state index is 0.203. The maximum atomic E-state index is 13.7. The smallest absolute Gasteiger partial charge is 0.308 e. The van der Waals surface area contributed by atoms with E-state index in [-0.39, 0.29) is 12.2 Å². The minimum Gasteiger partial charge on any atom is -0.308 e. The highest BCUT2D eigenvalue weighted by molar-refractivity contribution is 5.99. The van der Waals surface area contributed by atoms with Gasteiger partial charge in [-0.1, -0.05) is 6.92 Å². The first-order valence-electron chi connectivity index (χ1n) is 6.26. The summed E-state index contributed by atoms with van der Waals surface area (Å²) in [4.78, 5) is 13.1. The van der Waals surface area contributed by atoms with Crippen molar-refractivity contribution in [2.45, 2.75) is 25.6 Å². The molecule has 1 N–H and O–H groups in total. The number of likely N-dealkylation sites (N-methyl/N-ethyl adjacent to an activating group) is 1. The summed E-state index contributed by atoms with van der Waals surface area (Å²) < 4.78 is 51.6. The molecule has 1 aliphatic rings. The monoisotopic (exact) mass is 290 g/mol. The van der Waals surface area contributed by atoms with Gasteiger partial charge in [0, 0.05) is 6.54 Å². The SMILES string of the molecule is CCNC1CCN(c2cc(C(F)(F)F)ccc2F)C1=O. The molecule has 1 atom stereocenters. The van der Waals surface area contributed by atoms with Crippen LogP contribution in [0, 0.1) is 5.82 Å². The zero-order chi connectivity index (χ0) is 14.9. The van der Waals surface area contributed by atoms with Crippen LogP contribution in [-0.4, -0.2) is 25.0 Å². The molecule has 1 unspecified atom stereocenters. The molecule has 1 aromatic rings. The number of halogens is 4. The molecule has 1 heterocycles. The molecule has 0 spiro atoms. The van der Waals surface area contributed by atoms with E-state index in [1.165, 1.54) is 0 Å². The second-order valence-electron chi connectivity index (χ2n) is 4.55. The Kier molecular flexibility index (Phi) is 3.99. The molecule has 0 radical (unpaired) electrons. The summed E-state index contributed by atoms with van der Waals surface area (Å²) in [6.07, 6.45) is -4.12. The molecule has 1 amide bonds. The first-order valence-corrected chi connectivity index (χ1v) is 6.26. The van der Waals surface area contributed by atoms with Crippen molar-refractivity contribution in [1.82, 2.24) is 5.32 Å². The van der Waals surface area contributed by atoms with Crippen molar-refractivity contribution in [3.63, 3.8) is 0 Å². The van der Waals surface area contributed by atoms with Gasteiger partial charge in [0.2, 0.25) is 5.91 Å². The van der Waals surface area contributed by atoms with Gasteiger partial charge in [-0.05, 0) is 31.2 Å². The summed E-state index contributed by atoms with van der Waals surface area (Å²) in [5, 5.41) is 2.92. The quantitative estimate of drug-likeness (QED) is 0.868. The van der Waals surface area contributed by atoms with Crippen LogP contribution < -0.4 is 10.2 Å². The van der Waals surface area contributed by atoms with Crippen LogP contribution in [0.3, 0.4) is 0 Å². The summed E-state index contributed by atoms with van der Waals surface area (Å²) >= 11 is 0. The van der Waals surface area contributed by atoms with E-state index in [1.807, 2.05) is 6.92 Å². The van der Waals surface area contributed by atoms with Crippen molar-refractivity contribution in [2.75, 3.05) is 18.0 Å². The summed E-state index contributed by atoms with van der Waals surface area (Å²) in [5.74, 6) is -1.23. The van der Waals surface area contributed by atoms with Gasteiger partial charge in [-0.3, -0.25) is 4.79 Å². The number of benzene rings is 1. The van der Waals surface area contributed by atoms with Crippen LogP contribution in [0.2, 0.25) is 0 Å². The minimum atomic E-state index is -4.56. The number of alkyl halides is 3. The lowest BCUT2D eigenvalue weighted by molar-refractivity contribution is -0.137. The van der Waals surface area contributed by atoms with E-state index in [0.29, 0.717) is 25.1 Å². The molecule has 1 fully saturated rings. The van der Waals surface area contributed by atoms with E-state index in [4.69, 9.17) is 0 Å². The topological polar surface area (TPSA) is 32.3 Å². The Morgan fingerprint density at radius 1 is 1.40 bits per heavy atom. The average molecular weight is 290 g/mol. The molecule has 7 heteroatoms. The molecule has 20 heavy (non-hydrogen) atoms. The Hall–Kier alpha value is -1.63. The van der Waals surface area contributed by atoms with Gasteiger partial charge in [-0.15, -0.1) is 0 Å². The predicted molar refractivity (Wildman–Crippen MR) is 65.8 cm³/mol. The van der Waals surface area contributed by atoms with Gasteiger partial charge in [0.25, 0.3) is 0 Å². The van der Waals surface area contributed by atoms with E-state index < -0.39 is 29.5 Å². The first-order chi connectivity index (χ1) is 9.34. The molecule has 110 valence electrons. The highest BCUT2D eigenvalue weighted by Gasteiger charge is 2.36. The third-order valence-corrected chi connectivity index (χ3v) is 3.22. The Balaban J connectivity index is 2.31. The molecule has 2 rings (SSSR count). The molecular formula is C13H14F4N2O. The van der Waals surface area contributed by atoms with Crippen molar-refractivity contribution in [3.8, 4) is 0 Å². The fourth-order valence-electron chi connectivity index (χ4n) is 2.25. The maximum Gasteiger partial charge on any atom is 0.416 e. The Morgan fingerprint density at radius 3 is 2.70 bits per heavy atom. The third kappa shape index (κ3) is 2.77. The average Bonchev–Trinajstić information content (AvgIpc) is 2.71. The van der Waals surface area contributed by atoms with Gasteiger partial charge >= 0.3 is 6.18 Å². The molecule has 0 aliphatic carbocycles. The first kappa shape index (κ1) is 14.8. The van der Waals surface area contributed by atoms with Gasteiger partial charge in [0.05, 0.1) is 17.3 Å². The molecule has 1 saturated heterocycles. The summed E-state index contributed by atoms with van der Waals surface area (Å²) in [7, 11) is 0. The van der Waals surface area contributed by atoms with E-state index in [2.05, 4.69) is 5.32 Å². The van der Waals surface area contributed by atoms with E-state index in [0.717, 1.165) is 11.0 Å². The number of carbonyl (C=O) groups excluding carboxylic acids is 1. The number of amides is 1. The maximum absolute atomic E-state index is 13.7. The van der Waals surface area contributed by atoms with E-state index in [1.54, 1.807) is 0 Å². The van der Waals surface area contributed by atoms with Crippen LogP contribution in [0.1, 0.15) is 18.9 Å². The Bertz CT molecular complexity index is 516. The molecule has 3 nitrogen and oxygen atoms in total. The highest BCUT2D eigenvalue weighted by Crippen LogP contribution is 2.34. The van der Waals surface area contributed by atoms with Crippen LogP contribution in [0.5, 0.6) is 0 Å². The summed E-state index contributed by atoms with van der Waals surface area (Å²) in [6, 6.07) is 1.63. The standard InChI is InChI=1S/C13H14F4N2O/c1-2-18-10-5-6-19(12(10)20)11-7-8(13(15,16)17)3-4-9(11)14/h3-4,7,10,18H,2,5-6H2,1H3. The highest BCUT2D eigenvalue weighted by atomic mass is 19.4. The molecule has 1 aromatic carbocycles. The second-order valence-corrected chi connectivity index (χ2v) is 4.55. The van der Waals surface area contributed by atoms with Gasteiger partial charge < -0.3 is 10.2 Å². The predicted octanol–water partition coefficient (Wildman–Crippen LogP) is 2.56. The van der Waals surface area contributed by atoms with E-state index >= 15 is 0 Å². The van der Waals surface area contributed by atoms with Crippen molar-refractivity contribution >= 4 is 11.6 Å². The van der Waals surface area contributed by atoms with Crippen LogP contribution in [-0.2, 0) is 11.0 Å². The fraction of sp³-hybridized carbons (Fsp3) is 0.462. The van der Waals surface area contributed by atoms with Crippen molar-refractivity contribution < 1.29 is 22.4 Å². The van der Waals surface area contributed by atoms with Crippen molar-refractivity contribution in [1.29, 1.82) is 0 Å². The molecule has 0 aromatic heterocycles. The molecule has 0 bridgehead atoms. The van der Waals surface area contributed by atoms with Crippen LogP contribution in [0.25, 0.3) is 0 Å². The largest absolute Gasteiger partial charge is 0.416 e. The normalized spacial score (nSPS) is 19.8. The number of anilines is 1. The number of carbonyl (C=O) groups is 1. The van der Waals surface area contributed by atoms with Gasteiger partial charge in [0.15, 0.2) is 0 Å². The number of hydrogen-bond donors (Lipinski definition) is 1. The number of hydrogen-bond acceptors (Lipinski definition) is 2. The van der Waals surface area contributed by atoms with Gasteiger partial charge in [-0.2, -0.15) is 13.2 Å². The zero-order valence-corrected chi connectivity index (χ0v) is 10.8. The van der Waals surface area contributed by atoms with Crippen LogP contribution in [0.15, 0.2) is 18.2 Å². The zero-order valence-electron chi connectivity index (χ0n) is 10.8. The summed E-state index contributed by atoms with van der Waals surface area (Å²) in [6.45, 7) is 2.59. The lowest BCUT2D eigenvalue weighted by Crippen LogP contribution is -2.38. The third-order valence-electron chi connectivity index (χ3n) is 3.22. The van der Waals surface area contributed by atoms with Crippen LogP contribution in [0.4, 0.5) is 23.2 Å². The lowest BCUT2D eigenvalue weighted by Gasteiger charge is -2.19. The fourth-order valence-corrected chi connectivity index (χ4v) is 2.25. The number of rotatable bonds is 3. The molecular weight excluding hydrogens is 276 g/mol.